The molecule has 0 aliphatic rings. The van der Waals surface area contributed by atoms with Crippen LogP contribution in [0.1, 0.15) is 36.2 Å². The number of benzene rings is 1. The number of aromatic nitrogens is 2. The van der Waals surface area contributed by atoms with Gasteiger partial charge in [0.25, 0.3) is 0 Å². The van der Waals surface area contributed by atoms with E-state index in [1.807, 2.05) is 12.5 Å². The van der Waals surface area contributed by atoms with Crippen LogP contribution in [0.5, 0.6) is 0 Å². The highest BCUT2D eigenvalue weighted by Crippen LogP contribution is 2.20. The van der Waals surface area contributed by atoms with Crippen molar-refractivity contribution in [3.8, 4) is 5.69 Å². The van der Waals surface area contributed by atoms with Gasteiger partial charge in [0.05, 0.1) is 18.2 Å². The number of hydrogen-bond acceptors (Lipinski definition) is 2. The van der Waals surface area contributed by atoms with Crippen LogP contribution in [-0.2, 0) is 0 Å². The third kappa shape index (κ3) is 2.39. The Labute approximate surface area is 102 Å². The van der Waals surface area contributed by atoms with Crippen molar-refractivity contribution in [1.82, 2.24) is 9.55 Å². The Morgan fingerprint density at radius 1 is 1.24 bits per heavy atom. The number of hydrogen-bond donors (Lipinski definition) is 1. The summed E-state index contributed by atoms with van der Waals surface area (Å²) in [6.07, 6.45) is 4.60. The molecule has 2 rings (SSSR count). The second kappa shape index (κ2) is 4.72. The monoisotopic (exact) mass is 229 g/mol. The molecule has 1 aromatic heterocycles. The summed E-state index contributed by atoms with van der Waals surface area (Å²) in [6, 6.07) is 6.51. The predicted octanol–water partition coefficient (Wildman–Crippen LogP) is 2.90. The number of aryl methyl sites for hydroxylation is 2. The van der Waals surface area contributed by atoms with Crippen molar-refractivity contribution < 1.29 is 0 Å². The van der Waals surface area contributed by atoms with Gasteiger partial charge in [-0.25, -0.2) is 4.98 Å². The Kier molecular flexibility index (Phi) is 3.29. The molecule has 0 saturated carbocycles. The molecule has 3 heteroatoms. The highest BCUT2D eigenvalue weighted by atomic mass is 15.1. The van der Waals surface area contributed by atoms with Gasteiger partial charge in [0.1, 0.15) is 0 Å². The van der Waals surface area contributed by atoms with Crippen LogP contribution in [0.3, 0.4) is 0 Å². The van der Waals surface area contributed by atoms with E-state index in [4.69, 9.17) is 5.73 Å². The summed E-state index contributed by atoms with van der Waals surface area (Å²) in [5.41, 5.74) is 10.8. The predicted molar refractivity (Wildman–Crippen MR) is 70.3 cm³/mol. The molecule has 0 fully saturated rings. The normalized spacial score (nSPS) is 12.7. The molecule has 17 heavy (non-hydrogen) atoms. The van der Waals surface area contributed by atoms with Crippen LogP contribution in [-0.4, -0.2) is 9.55 Å². The maximum Gasteiger partial charge on any atom is 0.0994 e. The van der Waals surface area contributed by atoms with E-state index in [2.05, 4.69) is 48.5 Å². The van der Waals surface area contributed by atoms with E-state index in [-0.39, 0.29) is 6.04 Å². The van der Waals surface area contributed by atoms with Gasteiger partial charge in [-0.15, -0.1) is 0 Å². The van der Waals surface area contributed by atoms with Crippen LogP contribution < -0.4 is 5.73 Å². The third-order valence-electron chi connectivity index (χ3n) is 2.97. The molecule has 1 heterocycles. The smallest absolute Gasteiger partial charge is 0.0994 e. The Morgan fingerprint density at radius 3 is 2.47 bits per heavy atom. The lowest BCUT2D eigenvalue weighted by Gasteiger charge is -2.14. The minimum Gasteiger partial charge on any atom is -0.323 e. The molecule has 0 saturated heterocycles. The fourth-order valence-corrected chi connectivity index (χ4v) is 2.09. The number of nitrogens with zero attached hydrogens (tertiary/aromatic N) is 2. The van der Waals surface area contributed by atoms with E-state index >= 15 is 0 Å². The highest BCUT2D eigenvalue weighted by molar-refractivity contribution is 5.41. The van der Waals surface area contributed by atoms with Crippen molar-refractivity contribution >= 4 is 0 Å². The summed E-state index contributed by atoms with van der Waals surface area (Å²) >= 11 is 0. The van der Waals surface area contributed by atoms with Gasteiger partial charge in [0, 0.05) is 11.7 Å². The average molecular weight is 229 g/mol. The van der Waals surface area contributed by atoms with Crippen LogP contribution in [0.4, 0.5) is 0 Å². The highest BCUT2D eigenvalue weighted by Gasteiger charge is 2.11. The lowest BCUT2D eigenvalue weighted by molar-refractivity contribution is 0.659. The topological polar surface area (TPSA) is 43.8 Å². The van der Waals surface area contributed by atoms with Gasteiger partial charge >= 0.3 is 0 Å². The number of nitrogens with two attached hydrogens (primary N) is 1. The Hall–Kier alpha value is -1.61. The van der Waals surface area contributed by atoms with Crippen LogP contribution in [0.15, 0.2) is 30.7 Å². The van der Waals surface area contributed by atoms with Gasteiger partial charge in [-0.3, -0.25) is 0 Å². The lowest BCUT2D eigenvalue weighted by atomic mass is 10.1. The van der Waals surface area contributed by atoms with Crippen molar-refractivity contribution in [2.75, 3.05) is 0 Å². The van der Waals surface area contributed by atoms with Gasteiger partial charge in [-0.1, -0.05) is 13.0 Å². The van der Waals surface area contributed by atoms with E-state index in [9.17, 15) is 0 Å². The Bertz CT molecular complexity index is 494. The van der Waals surface area contributed by atoms with E-state index < -0.39 is 0 Å². The van der Waals surface area contributed by atoms with Crippen molar-refractivity contribution in [1.29, 1.82) is 0 Å². The maximum atomic E-state index is 6.09. The first-order chi connectivity index (χ1) is 8.11. The van der Waals surface area contributed by atoms with Crippen molar-refractivity contribution in [3.63, 3.8) is 0 Å². The van der Waals surface area contributed by atoms with Gasteiger partial charge in [0.15, 0.2) is 0 Å². The first-order valence-electron chi connectivity index (χ1n) is 5.98. The molecular weight excluding hydrogens is 210 g/mol. The first-order valence-corrected chi connectivity index (χ1v) is 5.98. The average Bonchev–Trinajstić information content (AvgIpc) is 2.75. The molecule has 0 unspecified atom stereocenters. The summed E-state index contributed by atoms with van der Waals surface area (Å²) < 4.78 is 2.08. The Balaban J connectivity index is 2.49. The van der Waals surface area contributed by atoms with Crippen LogP contribution in [0.25, 0.3) is 5.69 Å². The van der Waals surface area contributed by atoms with E-state index in [0.717, 1.165) is 17.8 Å². The molecule has 1 aromatic carbocycles. The van der Waals surface area contributed by atoms with Crippen molar-refractivity contribution in [3.05, 3.63) is 47.5 Å². The zero-order valence-electron chi connectivity index (χ0n) is 10.6. The van der Waals surface area contributed by atoms with Crippen LogP contribution in [0.2, 0.25) is 0 Å². The van der Waals surface area contributed by atoms with Crippen molar-refractivity contribution in [2.45, 2.75) is 33.2 Å². The molecule has 90 valence electrons. The molecule has 0 bridgehead atoms. The van der Waals surface area contributed by atoms with Gasteiger partial charge in [-0.05, 0) is 43.5 Å². The second-order valence-electron chi connectivity index (χ2n) is 4.55. The van der Waals surface area contributed by atoms with Gasteiger partial charge < -0.3 is 10.3 Å². The minimum absolute atomic E-state index is 0.0401. The maximum absolute atomic E-state index is 6.09. The molecule has 3 nitrogen and oxygen atoms in total. The third-order valence-corrected chi connectivity index (χ3v) is 2.97. The van der Waals surface area contributed by atoms with Crippen LogP contribution in [0, 0.1) is 13.8 Å². The molecular formula is C14H19N3. The van der Waals surface area contributed by atoms with E-state index in [1.54, 1.807) is 0 Å². The molecule has 1 atom stereocenters. The zero-order chi connectivity index (χ0) is 12.4. The van der Waals surface area contributed by atoms with E-state index in [1.165, 1.54) is 11.1 Å². The largest absolute Gasteiger partial charge is 0.323 e. The molecule has 0 aliphatic carbocycles. The van der Waals surface area contributed by atoms with E-state index in [0.29, 0.717) is 0 Å². The fraction of sp³-hybridized carbons (Fsp3) is 0.357. The molecule has 0 amide bonds. The zero-order valence-corrected chi connectivity index (χ0v) is 10.6. The SMILES string of the molecule is CC[C@@H](N)c1cncn1-c1cc(C)cc(C)c1. The number of imidazole rings is 1. The quantitative estimate of drug-likeness (QED) is 0.879. The first kappa shape index (κ1) is 11.9. The second-order valence-corrected chi connectivity index (χ2v) is 4.55. The Morgan fingerprint density at radius 2 is 1.88 bits per heavy atom. The molecule has 2 N–H and O–H groups in total. The fourth-order valence-electron chi connectivity index (χ4n) is 2.09. The van der Waals surface area contributed by atoms with Gasteiger partial charge in [-0.2, -0.15) is 0 Å². The molecule has 0 radical (unpaired) electrons. The summed E-state index contributed by atoms with van der Waals surface area (Å²) in [5.74, 6) is 0. The lowest BCUT2D eigenvalue weighted by Crippen LogP contribution is -2.13. The molecule has 2 aromatic rings. The van der Waals surface area contributed by atoms with Gasteiger partial charge in [0.2, 0.25) is 0 Å². The summed E-state index contributed by atoms with van der Waals surface area (Å²) in [7, 11) is 0. The summed E-state index contributed by atoms with van der Waals surface area (Å²) in [4.78, 5) is 4.21. The summed E-state index contributed by atoms with van der Waals surface area (Å²) in [6.45, 7) is 6.29. The number of rotatable bonds is 3. The molecule has 0 spiro atoms. The van der Waals surface area contributed by atoms with Crippen LogP contribution >= 0.6 is 0 Å². The molecule has 0 aliphatic heterocycles. The minimum atomic E-state index is 0.0401. The van der Waals surface area contributed by atoms with Crippen molar-refractivity contribution in [2.24, 2.45) is 5.73 Å². The summed E-state index contributed by atoms with van der Waals surface area (Å²) in [5, 5.41) is 0. The standard InChI is InChI=1S/C14H19N3/c1-4-13(15)14-8-16-9-17(14)12-6-10(2)5-11(3)7-12/h5-9,13H,4,15H2,1-3H3/t13-/m1/s1.